The predicted molar refractivity (Wildman–Crippen MR) is 73.5 cm³/mol. The maximum atomic E-state index is 13.8. The molecule has 0 heterocycles. The SMILES string of the molecule is CCC(=CN(C)S(=O)(=O)C(F)(F)C(F)(F)C(F)(F)C(F)(F)C(F)(F)C(F)(F)F)C(=O)O. The van der Waals surface area contributed by atoms with Crippen LogP contribution in [-0.4, -0.2) is 66.0 Å². The number of carbonyl (C=O) groups is 1. The minimum atomic E-state index is -8.29. The van der Waals surface area contributed by atoms with Crippen LogP contribution in [0.15, 0.2) is 11.8 Å². The molecule has 0 spiro atoms. The van der Waals surface area contributed by atoms with Crippen molar-refractivity contribution in [1.82, 2.24) is 4.31 Å². The van der Waals surface area contributed by atoms with Crippen LogP contribution in [0.5, 0.6) is 0 Å². The fourth-order valence-electron chi connectivity index (χ4n) is 1.68. The van der Waals surface area contributed by atoms with Gasteiger partial charge in [0, 0.05) is 13.2 Å². The van der Waals surface area contributed by atoms with Crippen molar-refractivity contribution in [1.29, 1.82) is 0 Å². The van der Waals surface area contributed by atoms with Gasteiger partial charge < -0.3 is 5.11 Å². The highest BCUT2D eigenvalue weighted by atomic mass is 32.2. The number of sulfonamides is 1. The van der Waals surface area contributed by atoms with Crippen LogP contribution in [0.4, 0.5) is 57.1 Å². The van der Waals surface area contributed by atoms with E-state index in [9.17, 15) is 70.3 Å². The Morgan fingerprint density at radius 2 is 1.16 bits per heavy atom. The molecule has 5 nitrogen and oxygen atoms in total. The quantitative estimate of drug-likeness (QED) is 0.370. The Balaban J connectivity index is 6.74. The van der Waals surface area contributed by atoms with E-state index in [0.29, 0.717) is 0 Å². The molecule has 0 fully saturated rings. The zero-order chi connectivity index (χ0) is 25.6. The molecule has 0 saturated carbocycles. The second-order valence-corrected chi connectivity index (χ2v) is 7.69. The second-order valence-electron chi connectivity index (χ2n) is 5.65. The van der Waals surface area contributed by atoms with Crippen molar-refractivity contribution >= 4 is 16.0 Å². The molecular formula is C12H10F13NO4S. The summed E-state index contributed by atoms with van der Waals surface area (Å²) in [5.74, 6) is -34.6. The number of nitrogens with zero attached hydrogens (tertiary/aromatic N) is 1. The molecule has 0 radical (unpaired) electrons. The van der Waals surface area contributed by atoms with Crippen LogP contribution in [0.3, 0.4) is 0 Å². The Morgan fingerprint density at radius 1 is 0.806 bits per heavy atom. The minimum Gasteiger partial charge on any atom is -0.478 e. The molecule has 0 aromatic rings. The number of halogens is 13. The lowest BCUT2D eigenvalue weighted by atomic mass is 9.98. The van der Waals surface area contributed by atoms with Gasteiger partial charge in [0.25, 0.3) is 0 Å². The highest BCUT2D eigenvalue weighted by Gasteiger charge is 2.92. The van der Waals surface area contributed by atoms with Crippen LogP contribution in [0.25, 0.3) is 0 Å². The van der Waals surface area contributed by atoms with Gasteiger partial charge in [-0.3, -0.25) is 4.31 Å². The first-order valence-corrected chi connectivity index (χ1v) is 8.60. The number of hydrogen-bond donors (Lipinski definition) is 1. The van der Waals surface area contributed by atoms with Crippen molar-refractivity contribution < 1.29 is 75.4 Å². The molecule has 0 aromatic heterocycles. The zero-order valence-corrected chi connectivity index (χ0v) is 15.5. The largest absolute Gasteiger partial charge is 0.478 e. The van der Waals surface area contributed by atoms with Crippen molar-refractivity contribution in [3.63, 3.8) is 0 Å². The van der Waals surface area contributed by atoms with Crippen LogP contribution >= 0.6 is 0 Å². The average Bonchev–Trinajstić information content (AvgIpc) is 2.56. The summed E-state index contributed by atoms with van der Waals surface area (Å²) in [7, 11) is -7.43. The maximum Gasteiger partial charge on any atom is 0.460 e. The van der Waals surface area contributed by atoms with Crippen LogP contribution in [0, 0.1) is 0 Å². The third kappa shape index (κ3) is 4.11. The number of carboxylic acids is 1. The zero-order valence-electron chi connectivity index (χ0n) is 14.7. The average molecular weight is 511 g/mol. The number of rotatable bonds is 9. The Bertz CT molecular complexity index is 832. The molecule has 184 valence electrons. The topological polar surface area (TPSA) is 74.7 Å². The number of alkyl halides is 13. The highest BCUT2D eigenvalue weighted by molar-refractivity contribution is 7.90. The fraction of sp³-hybridized carbons (Fsp3) is 0.750. The van der Waals surface area contributed by atoms with Crippen LogP contribution < -0.4 is 0 Å². The maximum absolute atomic E-state index is 13.8. The van der Waals surface area contributed by atoms with E-state index in [1.54, 1.807) is 0 Å². The van der Waals surface area contributed by atoms with Gasteiger partial charge in [-0.1, -0.05) is 6.92 Å². The summed E-state index contributed by atoms with van der Waals surface area (Å²) >= 11 is 0. The Labute approximate surface area is 164 Å². The third-order valence-corrected chi connectivity index (χ3v) is 5.37. The molecule has 19 heteroatoms. The normalized spacial score (nSPS) is 15.8. The van der Waals surface area contributed by atoms with Crippen molar-refractivity contribution in [3.05, 3.63) is 11.8 Å². The van der Waals surface area contributed by atoms with E-state index in [2.05, 4.69) is 0 Å². The summed E-state index contributed by atoms with van der Waals surface area (Å²) in [6, 6.07) is 0. The lowest BCUT2D eigenvalue weighted by Gasteiger charge is -2.39. The van der Waals surface area contributed by atoms with E-state index in [0.717, 1.165) is 6.92 Å². The summed E-state index contributed by atoms with van der Waals surface area (Å²) < 4.78 is 191. The minimum absolute atomic E-state index is 0.140. The molecule has 0 aliphatic carbocycles. The standard InChI is InChI=1S/C12H10F13NO4S/c1-3-5(6(27)28)4-26(2)31(29,30)12(24,25)10(19,20)8(15,16)7(13,14)9(17,18)11(21,22)23/h4H,3H2,1-2H3,(H,27,28). The van der Waals surface area contributed by atoms with E-state index >= 15 is 0 Å². The Morgan fingerprint density at radius 3 is 1.45 bits per heavy atom. The van der Waals surface area contributed by atoms with Crippen molar-refractivity contribution in [3.8, 4) is 0 Å². The third-order valence-electron chi connectivity index (χ3n) is 3.60. The summed E-state index contributed by atoms with van der Waals surface area (Å²) in [5.41, 5.74) is -1.12. The van der Waals surface area contributed by atoms with E-state index < -0.39 is 67.4 Å². The smallest absolute Gasteiger partial charge is 0.460 e. The molecule has 0 rings (SSSR count). The van der Waals surface area contributed by atoms with Crippen LogP contribution in [0.1, 0.15) is 13.3 Å². The molecule has 0 unspecified atom stereocenters. The first-order valence-electron chi connectivity index (χ1n) is 7.16. The summed E-state index contributed by atoms with van der Waals surface area (Å²) in [6.45, 7) is 0.959. The molecule has 31 heavy (non-hydrogen) atoms. The van der Waals surface area contributed by atoms with Gasteiger partial charge >= 0.3 is 51.1 Å². The van der Waals surface area contributed by atoms with Gasteiger partial charge in [-0.25, -0.2) is 4.79 Å². The second kappa shape index (κ2) is 7.88. The Kier molecular flexibility index (Phi) is 7.38. The fourth-order valence-corrected chi connectivity index (χ4v) is 2.76. The predicted octanol–water partition coefficient (Wildman–Crippen LogP) is 4.32. The van der Waals surface area contributed by atoms with Gasteiger partial charge in [-0.05, 0) is 6.42 Å². The van der Waals surface area contributed by atoms with E-state index in [-0.39, 0.29) is 13.2 Å². The van der Waals surface area contributed by atoms with Crippen LogP contribution in [0.2, 0.25) is 0 Å². The van der Waals surface area contributed by atoms with Gasteiger partial charge in [0.15, 0.2) is 0 Å². The van der Waals surface area contributed by atoms with E-state index in [4.69, 9.17) is 5.11 Å². The monoisotopic (exact) mass is 511 g/mol. The van der Waals surface area contributed by atoms with Gasteiger partial charge in [-0.15, -0.1) is 0 Å². The molecule has 0 saturated heterocycles. The Hall–Kier alpha value is -1.95. The number of hydrogen-bond acceptors (Lipinski definition) is 3. The molecule has 0 amide bonds. The van der Waals surface area contributed by atoms with Gasteiger partial charge in [-0.2, -0.15) is 65.5 Å². The summed E-state index contributed by atoms with van der Waals surface area (Å²) in [4.78, 5) is 10.7. The number of aliphatic carboxylic acids is 1. The molecular weight excluding hydrogens is 501 g/mol. The van der Waals surface area contributed by atoms with E-state index in [1.165, 1.54) is 0 Å². The summed E-state index contributed by atoms with van der Waals surface area (Å²) in [6.07, 6.45) is -8.65. The van der Waals surface area contributed by atoms with Gasteiger partial charge in [0.05, 0.1) is 5.57 Å². The van der Waals surface area contributed by atoms with Crippen molar-refractivity contribution in [2.75, 3.05) is 7.05 Å². The molecule has 0 bridgehead atoms. The molecule has 0 aliphatic heterocycles. The van der Waals surface area contributed by atoms with Crippen molar-refractivity contribution in [2.45, 2.75) is 48.5 Å². The van der Waals surface area contributed by atoms with Gasteiger partial charge in [0.2, 0.25) is 0 Å². The molecule has 1 N–H and O–H groups in total. The molecule has 0 atom stereocenters. The number of carboxylic acid groups (broad SMARTS) is 1. The lowest BCUT2D eigenvalue weighted by Crippen LogP contribution is -2.71. The molecule has 0 aromatic carbocycles. The van der Waals surface area contributed by atoms with E-state index in [1.807, 2.05) is 0 Å². The van der Waals surface area contributed by atoms with Crippen LogP contribution in [-0.2, 0) is 14.8 Å². The van der Waals surface area contributed by atoms with Gasteiger partial charge in [0.1, 0.15) is 0 Å². The highest BCUT2D eigenvalue weighted by Crippen LogP contribution is 2.61. The summed E-state index contributed by atoms with van der Waals surface area (Å²) in [5, 5.41) is 1.18. The first-order chi connectivity index (χ1) is 13.3. The molecule has 0 aliphatic rings. The lowest BCUT2D eigenvalue weighted by molar-refractivity contribution is -0.433. The van der Waals surface area contributed by atoms with Crippen molar-refractivity contribution in [2.24, 2.45) is 0 Å². The first kappa shape index (κ1) is 29.1.